The van der Waals surface area contributed by atoms with Crippen LogP contribution in [0.15, 0.2) is 42.5 Å². The molecule has 0 bridgehead atoms. The summed E-state index contributed by atoms with van der Waals surface area (Å²) in [4.78, 5) is 22.9. The fourth-order valence-corrected chi connectivity index (χ4v) is 1.98. The second-order valence-corrected chi connectivity index (χ2v) is 4.87. The molecule has 0 radical (unpaired) electrons. The number of methoxy groups -OCH3 is 1. The van der Waals surface area contributed by atoms with Gasteiger partial charge in [0.05, 0.1) is 7.11 Å². The van der Waals surface area contributed by atoms with E-state index in [4.69, 9.17) is 9.84 Å². The van der Waals surface area contributed by atoms with Crippen molar-refractivity contribution < 1.29 is 37.3 Å². The van der Waals surface area contributed by atoms with Gasteiger partial charge in [0.2, 0.25) is 0 Å². The maximum Gasteiger partial charge on any atom is 0.573 e. The van der Waals surface area contributed by atoms with Crippen LogP contribution in [0.3, 0.4) is 0 Å². The number of rotatable bonds is 5. The predicted molar refractivity (Wildman–Crippen MR) is 85.7 cm³/mol. The fourth-order valence-electron chi connectivity index (χ4n) is 1.98. The number of anilines is 2. The summed E-state index contributed by atoms with van der Waals surface area (Å²) in [5.74, 6) is -1.54. The van der Waals surface area contributed by atoms with E-state index >= 15 is 0 Å². The molecule has 10 heteroatoms. The normalized spacial score (nSPS) is 10.8. The number of amides is 2. The van der Waals surface area contributed by atoms with Crippen LogP contribution in [0.4, 0.5) is 29.3 Å². The van der Waals surface area contributed by atoms with Crippen molar-refractivity contribution in [1.82, 2.24) is 0 Å². The molecule has 2 amide bonds. The lowest BCUT2D eigenvalue weighted by Gasteiger charge is -2.11. The zero-order valence-corrected chi connectivity index (χ0v) is 13.3. The van der Waals surface area contributed by atoms with Gasteiger partial charge in [0, 0.05) is 17.4 Å². The van der Waals surface area contributed by atoms with Crippen molar-refractivity contribution in [3.8, 4) is 11.5 Å². The van der Waals surface area contributed by atoms with E-state index < -0.39 is 24.1 Å². The number of hydrogen-bond donors (Lipinski definition) is 3. The molecule has 0 aliphatic rings. The van der Waals surface area contributed by atoms with Gasteiger partial charge in [-0.15, -0.1) is 13.2 Å². The lowest BCUT2D eigenvalue weighted by Crippen LogP contribution is -2.20. The summed E-state index contributed by atoms with van der Waals surface area (Å²) in [6, 6.07) is 7.83. The summed E-state index contributed by atoms with van der Waals surface area (Å²) < 4.78 is 44.9. The number of aromatic carboxylic acids is 1. The Morgan fingerprint density at radius 3 is 2.12 bits per heavy atom. The molecule has 138 valence electrons. The minimum absolute atomic E-state index is 0.0592. The molecule has 0 aromatic heterocycles. The van der Waals surface area contributed by atoms with Crippen molar-refractivity contribution in [2.75, 3.05) is 17.7 Å². The Kier molecular flexibility index (Phi) is 5.55. The second kappa shape index (κ2) is 7.64. The molecule has 0 aliphatic heterocycles. The van der Waals surface area contributed by atoms with Crippen molar-refractivity contribution in [3.05, 3.63) is 48.0 Å². The third kappa shape index (κ3) is 5.30. The van der Waals surface area contributed by atoms with E-state index in [0.717, 1.165) is 12.1 Å². The topological polar surface area (TPSA) is 96.9 Å². The Morgan fingerprint density at radius 2 is 1.58 bits per heavy atom. The van der Waals surface area contributed by atoms with E-state index in [9.17, 15) is 22.8 Å². The molecular weight excluding hydrogens is 357 g/mol. The molecule has 26 heavy (non-hydrogen) atoms. The highest BCUT2D eigenvalue weighted by Gasteiger charge is 2.30. The number of ether oxygens (including phenoxy) is 2. The largest absolute Gasteiger partial charge is 0.573 e. The molecular formula is C16H13F3N2O5. The molecule has 0 spiro atoms. The minimum Gasteiger partial charge on any atom is -0.496 e. The van der Waals surface area contributed by atoms with E-state index in [2.05, 4.69) is 15.4 Å². The zero-order valence-electron chi connectivity index (χ0n) is 13.3. The number of carboxylic acid groups (broad SMARTS) is 1. The van der Waals surface area contributed by atoms with Crippen LogP contribution in [0.1, 0.15) is 10.4 Å². The molecule has 0 heterocycles. The van der Waals surface area contributed by atoms with Crippen LogP contribution in [0.25, 0.3) is 0 Å². The SMILES string of the molecule is COc1cc(NC(=O)Nc2ccc(OC(F)(F)F)cc2)ccc1C(=O)O. The van der Waals surface area contributed by atoms with E-state index in [1.54, 1.807) is 0 Å². The summed E-state index contributed by atoms with van der Waals surface area (Å²) in [5, 5.41) is 13.9. The standard InChI is InChI=1S/C16H13F3N2O5/c1-25-13-8-10(4-7-12(13)14(22)23)21-15(24)20-9-2-5-11(6-3-9)26-16(17,18)19/h2-8H,1H3,(H,22,23)(H2,20,21,24). The molecule has 0 fully saturated rings. The Balaban J connectivity index is 2.01. The van der Waals surface area contributed by atoms with Gasteiger partial charge >= 0.3 is 18.4 Å². The number of halogens is 3. The number of urea groups is 1. The maximum atomic E-state index is 12.1. The highest BCUT2D eigenvalue weighted by molar-refractivity contribution is 6.00. The number of hydrogen-bond acceptors (Lipinski definition) is 4. The molecule has 2 rings (SSSR count). The summed E-state index contributed by atoms with van der Waals surface area (Å²) in [5.41, 5.74) is 0.422. The van der Waals surface area contributed by atoms with Crippen molar-refractivity contribution in [2.24, 2.45) is 0 Å². The minimum atomic E-state index is -4.80. The van der Waals surface area contributed by atoms with Gasteiger partial charge in [0.15, 0.2) is 0 Å². The van der Waals surface area contributed by atoms with Gasteiger partial charge in [0.25, 0.3) is 0 Å². The summed E-state index contributed by atoms with van der Waals surface area (Å²) >= 11 is 0. The van der Waals surface area contributed by atoms with E-state index in [1.807, 2.05) is 0 Å². The molecule has 0 saturated carbocycles. The van der Waals surface area contributed by atoms with Crippen molar-refractivity contribution in [3.63, 3.8) is 0 Å². The van der Waals surface area contributed by atoms with E-state index in [1.165, 1.54) is 37.4 Å². The average molecular weight is 370 g/mol. The Hall–Kier alpha value is -3.43. The van der Waals surface area contributed by atoms with Gasteiger partial charge in [0.1, 0.15) is 17.1 Å². The van der Waals surface area contributed by atoms with Gasteiger partial charge in [-0.2, -0.15) is 0 Å². The van der Waals surface area contributed by atoms with Crippen LogP contribution in [0.5, 0.6) is 11.5 Å². The molecule has 0 unspecified atom stereocenters. The monoisotopic (exact) mass is 370 g/mol. The third-order valence-corrected chi connectivity index (χ3v) is 3.04. The van der Waals surface area contributed by atoms with Crippen LogP contribution in [0, 0.1) is 0 Å². The van der Waals surface area contributed by atoms with E-state index in [0.29, 0.717) is 0 Å². The molecule has 0 atom stereocenters. The number of nitrogens with one attached hydrogen (secondary N) is 2. The highest BCUT2D eigenvalue weighted by Crippen LogP contribution is 2.25. The zero-order chi connectivity index (χ0) is 19.3. The van der Waals surface area contributed by atoms with Gasteiger partial charge < -0.3 is 25.2 Å². The van der Waals surface area contributed by atoms with Crippen LogP contribution in [-0.2, 0) is 0 Å². The van der Waals surface area contributed by atoms with Crippen LogP contribution >= 0.6 is 0 Å². The molecule has 2 aromatic carbocycles. The highest BCUT2D eigenvalue weighted by atomic mass is 19.4. The Morgan fingerprint density at radius 1 is 1.00 bits per heavy atom. The molecule has 0 saturated heterocycles. The number of carbonyl (C=O) groups excluding carboxylic acids is 1. The molecule has 7 nitrogen and oxygen atoms in total. The van der Waals surface area contributed by atoms with Crippen molar-refractivity contribution >= 4 is 23.4 Å². The van der Waals surface area contributed by atoms with Gasteiger partial charge in [-0.05, 0) is 36.4 Å². The Bertz CT molecular complexity index is 807. The Labute approximate surface area is 145 Å². The first kappa shape index (κ1) is 18.9. The molecule has 2 aromatic rings. The van der Waals surface area contributed by atoms with Crippen LogP contribution in [0.2, 0.25) is 0 Å². The quantitative estimate of drug-likeness (QED) is 0.741. The maximum absolute atomic E-state index is 12.1. The van der Waals surface area contributed by atoms with Gasteiger partial charge in [-0.25, -0.2) is 9.59 Å². The second-order valence-electron chi connectivity index (χ2n) is 4.87. The first-order valence-corrected chi connectivity index (χ1v) is 7.03. The van der Waals surface area contributed by atoms with Crippen molar-refractivity contribution in [1.29, 1.82) is 0 Å². The summed E-state index contributed by atoms with van der Waals surface area (Å²) in [6.45, 7) is 0. The van der Waals surface area contributed by atoms with Gasteiger partial charge in [-0.1, -0.05) is 0 Å². The first-order chi connectivity index (χ1) is 12.2. The fraction of sp³-hybridized carbons (Fsp3) is 0.125. The summed E-state index contributed by atoms with van der Waals surface area (Å²) in [6.07, 6.45) is -4.80. The van der Waals surface area contributed by atoms with E-state index in [-0.39, 0.29) is 22.7 Å². The molecule has 3 N–H and O–H groups in total. The smallest absolute Gasteiger partial charge is 0.496 e. The average Bonchev–Trinajstić information content (AvgIpc) is 2.55. The number of alkyl halides is 3. The lowest BCUT2D eigenvalue weighted by molar-refractivity contribution is -0.274. The predicted octanol–water partition coefficient (Wildman–Crippen LogP) is 3.94. The number of carboxylic acids is 1. The van der Waals surface area contributed by atoms with Gasteiger partial charge in [-0.3, -0.25) is 0 Å². The third-order valence-electron chi connectivity index (χ3n) is 3.04. The first-order valence-electron chi connectivity index (χ1n) is 7.03. The van der Waals surface area contributed by atoms with Crippen LogP contribution < -0.4 is 20.1 Å². The molecule has 0 aliphatic carbocycles. The number of carbonyl (C=O) groups is 2. The van der Waals surface area contributed by atoms with Crippen LogP contribution in [-0.4, -0.2) is 30.6 Å². The summed E-state index contributed by atoms with van der Waals surface area (Å²) in [7, 11) is 1.29. The van der Waals surface area contributed by atoms with Crippen molar-refractivity contribution in [2.45, 2.75) is 6.36 Å². The number of benzene rings is 2. The lowest BCUT2D eigenvalue weighted by atomic mass is 10.2.